The fourth-order valence-corrected chi connectivity index (χ4v) is 1.67. The minimum atomic E-state index is -0.621. The zero-order valence-electron chi connectivity index (χ0n) is 7.57. The lowest BCUT2D eigenvalue weighted by atomic mass is 9.96. The molecule has 0 aromatic carbocycles. The van der Waals surface area contributed by atoms with E-state index in [1.807, 2.05) is 0 Å². The first-order valence-corrected chi connectivity index (χ1v) is 4.68. The molecule has 1 aliphatic rings. The zero-order valence-corrected chi connectivity index (χ0v) is 7.57. The molecule has 1 rings (SSSR count). The molecule has 1 saturated carbocycles. The van der Waals surface area contributed by atoms with Crippen molar-refractivity contribution < 1.29 is 9.85 Å². The average molecular weight is 171 g/mol. The Morgan fingerprint density at radius 1 is 1.42 bits per heavy atom. The van der Waals surface area contributed by atoms with Crippen LogP contribution in [0, 0.1) is 5.21 Å². The van der Waals surface area contributed by atoms with Crippen molar-refractivity contribution in [1.82, 2.24) is 0 Å². The Balaban J connectivity index is 2.44. The largest absolute Gasteiger partial charge is 0.624 e. The van der Waals surface area contributed by atoms with Crippen LogP contribution in [0.1, 0.15) is 39.0 Å². The van der Waals surface area contributed by atoms with Gasteiger partial charge in [0.1, 0.15) is 6.10 Å². The first-order chi connectivity index (χ1) is 5.70. The fourth-order valence-electron chi connectivity index (χ4n) is 1.67. The van der Waals surface area contributed by atoms with Crippen molar-refractivity contribution in [2.45, 2.75) is 51.2 Å². The monoisotopic (exact) mass is 171 g/mol. The molecule has 0 radical (unpaired) electrons. The van der Waals surface area contributed by atoms with E-state index in [-0.39, 0.29) is 6.04 Å². The lowest BCUT2D eigenvalue weighted by Gasteiger charge is -2.21. The molecule has 1 unspecified atom stereocenters. The summed E-state index contributed by atoms with van der Waals surface area (Å²) in [7, 11) is 0. The quantitative estimate of drug-likeness (QED) is 0.294. The second kappa shape index (κ2) is 4.45. The third-order valence-corrected chi connectivity index (χ3v) is 2.30. The summed E-state index contributed by atoms with van der Waals surface area (Å²) in [6.07, 6.45) is 6.24. The topological polar surface area (TPSA) is 46.3 Å². The number of hydrogen-bond donors (Lipinski definition) is 1. The molecule has 0 amide bonds. The van der Waals surface area contributed by atoms with Crippen molar-refractivity contribution >= 4 is 6.21 Å². The van der Waals surface area contributed by atoms with E-state index in [1.54, 1.807) is 6.92 Å². The van der Waals surface area contributed by atoms with E-state index in [0.717, 1.165) is 30.4 Å². The highest BCUT2D eigenvalue weighted by Gasteiger charge is 2.19. The van der Waals surface area contributed by atoms with E-state index in [1.165, 1.54) is 12.6 Å². The molecular formula is C9H17NO2. The van der Waals surface area contributed by atoms with Gasteiger partial charge in [-0.2, -0.15) is 0 Å². The molecular weight excluding hydrogens is 154 g/mol. The fraction of sp³-hybridized carbons (Fsp3) is 0.889. The number of nitrogens with zero attached hydrogens (tertiary/aromatic N) is 1. The lowest BCUT2D eigenvalue weighted by Crippen LogP contribution is -2.27. The predicted octanol–water partition coefficient (Wildman–Crippen LogP) is 1.28. The van der Waals surface area contributed by atoms with Gasteiger partial charge in [0, 0.05) is 12.8 Å². The van der Waals surface area contributed by atoms with Gasteiger partial charge < -0.3 is 10.3 Å². The summed E-state index contributed by atoms with van der Waals surface area (Å²) < 4.78 is 0.934. The van der Waals surface area contributed by atoms with Crippen molar-refractivity contribution in [3.63, 3.8) is 0 Å². The molecule has 0 saturated heterocycles. The summed E-state index contributed by atoms with van der Waals surface area (Å²) in [5.74, 6) is 0. The van der Waals surface area contributed by atoms with Gasteiger partial charge in [-0.15, -0.1) is 0 Å². The summed E-state index contributed by atoms with van der Waals surface area (Å²) in [4.78, 5) is 0. The molecule has 0 aromatic heterocycles. The molecule has 0 heterocycles. The summed E-state index contributed by atoms with van der Waals surface area (Å²) in [5, 5.41) is 20.3. The number of aliphatic hydroxyl groups is 1. The normalized spacial score (nSPS) is 24.0. The van der Waals surface area contributed by atoms with Crippen LogP contribution >= 0.6 is 0 Å². The summed E-state index contributed by atoms with van der Waals surface area (Å²) >= 11 is 0. The van der Waals surface area contributed by atoms with Gasteiger partial charge in [-0.05, 0) is 19.8 Å². The van der Waals surface area contributed by atoms with Crippen LogP contribution in [0.4, 0.5) is 0 Å². The molecule has 0 aromatic rings. The molecule has 0 spiro atoms. The third-order valence-electron chi connectivity index (χ3n) is 2.30. The Morgan fingerprint density at radius 2 is 2.00 bits per heavy atom. The van der Waals surface area contributed by atoms with Gasteiger partial charge in [0.15, 0.2) is 12.3 Å². The molecule has 1 fully saturated rings. The van der Waals surface area contributed by atoms with Crippen LogP contribution in [0.25, 0.3) is 0 Å². The highest BCUT2D eigenvalue weighted by molar-refractivity contribution is 5.56. The van der Waals surface area contributed by atoms with Crippen molar-refractivity contribution in [1.29, 1.82) is 0 Å². The van der Waals surface area contributed by atoms with Gasteiger partial charge in [0.05, 0.1) is 0 Å². The maximum Gasteiger partial charge on any atom is 0.179 e. The van der Waals surface area contributed by atoms with Gasteiger partial charge in [-0.1, -0.05) is 6.42 Å². The summed E-state index contributed by atoms with van der Waals surface area (Å²) in [6, 6.07) is 0.119. The Labute approximate surface area is 73.3 Å². The van der Waals surface area contributed by atoms with Crippen molar-refractivity contribution in [2.75, 3.05) is 0 Å². The van der Waals surface area contributed by atoms with Gasteiger partial charge in [-0.25, -0.2) is 4.74 Å². The predicted molar refractivity (Wildman–Crippen MR) is 48.2 cm³/mol. The van der Waals surface area contributed by atoms with E-state index in [9.17, 15) is 5.21 Å². The van der Waals surface area contributed by atoms with Crippen molar-refractivity contribution in [3.8, 4) is 0 Å². The molecule has 3 heteroatoms. The Morgan fingerprint density at radius 3 is 2.50 bits per heavy atom. The molecule has 3 nitrogen and oxygen atoms in total. The molecule has 12 heavy (non-hydrogen) atoms. The highest BCUT2D eigenvalue weighted by Crippen LogP contribution is 2.19. The van der Waals surface area contributed by atoms with Crippen LogP contribution in [0.3, 0.4) is 0 Å². The first-order valence-electron chi connectivity index (χ1n) is 4.68. The second-order valence-electron chi connectivity index (χ2n) is 3.54. The Hall–Kier alpha value is -0.570. The second-order valence-corrected chi connectivity index (χ2v) is 3.54. The smallest absolute Gasteiger partial charge is 0.179 e. The molecule has 1 atom stereocenters. The summed E-state index contributed by atoms with van der Waals surface area (Å²) in [5.41, 5.74) is 0. The van der Waals surface area contributed by atoms with Gasteiger partial charge in [-0.3, -0.25) is 0 Å². The minimum Gasteiger partial charge on any atom is -0.624 e. The van der Waals surface area contributed by atoms with Crippen LogP contribution in [0.15, 0.2) is 0 Å². The van der Waals surface area contributed by atoms with Crippen molar-refractivity contribution in [3.05, 3.63) is 5.21 Å². The number of hydroxylamine groups is 1. The van der Waals surface area contributed by atoms with Gasteiger partial charge >= 0.3 is 0 Å². The summed E-state index contributed by atoms with van der Waals surface area (Å²) in [6.45, 7) is 1.60. The van der Waals surface area contributed by atoms with Crippen LogP contribution in [-0.4, -0.2) is 28.2 Å². The van der Waals surface area contributed by atoms with E-state index < -0.39 is 6.10 Å². The highest BCUT2D eigenvalue weighted by atomic mass is 16.5. The van der Waals surface area contributed by atoms with Crippen molar-refractivity contribution in [2.24, 2.45) is 0 Å². The van der Waals surface area contributed by atoms with E-state index in [4.69, 9.17) is 5.11 Å². The molecule has 1 N–H and O–H groups in total. The molecule has 0 bridgehead atoms. The number of aliphatic hydroxyl groups excluding tert-OH is 1. The van der Waals surface area contributed by atoms with Crippen LogP contribution in [0.5, 0.6) is 0 Å². The number of rotatable bonds is 2. The zero-order chi connectivity index (χ0) is 8.97. The molecule has 1 aliphatic carbocycles. The standard InChI is InChI=1S/C9H17NO2/c1-8(11)7-10(12)9-5-3-2-4-6-9/h7-9,11H,2-6H2,1H3/b10-7-. The van der Waals surface area contributed by atoms with E-state index in [2.05, 4.69) is 0 Å². The maximum atomic E-state index is 11.3. The Kier molecular flexibility index (Phi) is 3.53. The molecule has 0 aliphatic heterocycles. The van der Waals surface area contributed by atoms with Gasteiger partial charge in [0.2, 0.25) is 0 Å². The van der Waals surface area contributed by atoms with E-state index in [0.29, 0.717) is 0 Å². The first kappa shape index (κ1) is 9.52. The third kappa shape index (κ3) is 2.81. The van der Waals surface area contributed by atoms with Crippen LogP contribution in [-0.2, 0) is 0 Å². The Bertz CT molecular complexity index is 160. The average Bonchev–Trinajstić information content (AvgIpc) is 2.05. The molecule has 70 valence electrons. The van der Waals surface area contributed by atoms with E-state index >= 15 is 0 Å². The van der Waals surface area contributed by atoms with Gasteiger partial charge in [0.25, 0.3) is 0 Å². The van der Waals surface area contributed by atoms with Crippen LogP contribution in [0.2, 0.25) is 0 Å². The lowest BCUT2D eigenvalue weighted by molar-refractivity contribution is -0.503. The van der Waals surface area contributed by atoms with Crippen LogP contribution < -0.4 is 0 Å². The number of hydrogen-bond acceptors (Lipinski definition) is 2. The minimum absolute atomic E-state index is 0.119. The SMILES string of the molecule is CC(O)/C=[N+](\[O-])C1CCCCC1. The maximum absolute atomic E-state index is 11.3.